The van der Waals surface area contributed by atoms with Crippen LogP contribution in [0.1, 0.15) is 30.6 Å². The number of amides is 1. The number of aliphatic hydroxyl groups excluding tert-OH is 1. The van der Waals surface area contributed by atoms with Crippen LogP contribution in [0.3, 0.4) is 0 Å². The van der Waals surface area contributed by atoms with Crippen LogP contribution < -0.4 is 5.32 Å². The van der Waals surface area contributed by atoms with Crippen molar-refractivity contribution in [3.8, 4) is 0 Å². The maximum Gasteiger partial charge on any atom is 0.254 e. The summed E-state index contributed by atoms with van der Waals surface area (Å²) < 4.78 is 26.2. The van der Waals surface area contributed by atoms with Gasteiger partial charge in [0.15, 0.2) is 0 Å². The van der Waals surface area contributed by atoms with Gasteiger partial charge in [-0.3, -0.25) is 4.79 Å². The highest BCUT2D eigenvalue weighted by Crippen LogP contribution is 2.13. The van der Waals surface area contributed by atoms with E-state index in [4.69, 9.17) is 5.11 Å². The molecule has 0 spiro atoms. The first-order valence-corrected chi connectivity index (χ1v) is 5.30. The molecule has 0 aromatic heterocycles. The zero-order valence-electron chi connectivity index (χ0n) is 9.76. The molecule has 0 radical (unpaired) electrons. The number of hydrogen-bond acceptors (Lipinski definition) is 2. The van der Waals surface area contributed by atoms with Crippen LogP contribution in [0.5, 0.6) is 0 Å². The van der Waals surface area contributed by atoms with Crippen LogP contribution in [0.4, 0.5) is 8.78 Å². The van der Waals surface area contributed by atoms with Gasteiger partial charge in [-0.1, -0.05) is 6.92 Å². The minimum absolute atomic E-state index is 0.272. The summed E-state index contributed by atoms with van der Waals surface area (Å²) in [4.78, 5) is 11.7. The van der Waals surface area contributed by atoms with Crippen molar-refractivity contribution >= 4 is 5.91 Å². The highest BCUT2D eigenvalue weighted by molar-refractivity contribution is 5.94. The molecule has 1 aromatic carbocycles. The van der Waals surface area contributed by atoms with Crippen LogP contribution in [-0.4, -0.2) is 23.2 Å². The summed E-state index contributed by atoms with van der Waals surface area (Å²) in [7, 11) is 0. The Balaban J connectivity index is 2.94. The van der Waals surface area contributed by atoms with Gasteiger partial charge >= 0.3 is 0 Å². The third-order valence-corrected chi connectivity index (χ3v) is 2.72. The van der Waals surface area contributed by atoms with Crippen LogP contribution in [0.25, 0.3) is 0 Å². The SMILES string of the molecule is CCC(C)(CO)NC(=O)c1cc(F)ccc1F. The lowest BCUT2D eigenvalue weighted by Crippen LogP contribution is -2.48. The largest absolute Gasteiger partial charge is 0.394 e. The quantitative estimate of drug-likeness (QED) is 0.848. The molecule has 1 rings (SSSR count). The minimum Gasteiger partial charge on any atom is -0.394 e. The highest BCUT2D eigenvalue weighted by atomic mass is 19.1. The van der Waals surface area contributed by atoms with Gasteiger partial charge in [0, 0.05) is 0 Å². The Morgan fingerprint density at radius 1 is 1.47 bits per heavy atom. The molecule has 0 saturated carbocycles. The van der Waals surface area contributed by atoms with Gasteiger partial charge in [-0.25, -0.2) is 8.78 Å². The van der Waals surface area contributed by atoms with E-state index < -0.39 is 23.1 Å². The molecule has 0 saturated heterocycles. The van der Waals surface area contributed by atoms with Crippen molar-refractivity contribution in [1.29, 1.82) is 0 Å². The van der Waals surface area contributed by atoms with E-state index in [-0.39, 0.29) is 12.2 Å². The molecule has 94 valence electrons. The summed E-state index contributed by atoms with van der Waals surface area (Å²) in [5, 5.41) is 11.6. The number of carbonyl (C=O) groups is 1. The molecule has 1 atom stereocenters. The molecule has 2 N–H and O–H groups in total. The molecule has 1 aromatic rings. The molecule has 0 heterocycles. The van der Waals surface area contributed by atoms with Crippen molar-refractivity contribution < 1.29 is 18.7 Å². The Morgan fingerprint density at radius 2 is 2.12 bits per heavy atom. The third kappa shape index (κ3) is 3.23. The molecular formula is C12H15F2NO2. The summed E-state index contributed by atoms with van der Waals surface area (Å²) in [6.07, 6.45) is 0.478. The maximum atomic E-state index is 13.3. The molecule has 3 nitrogen and oxygen atoms in total. The summed E-state index contributed by atoms with van der Waals surface area (Å²) in [6, 6.07) is 2.67. The van der Waals surface area contributed by atoms with Crippen LogP contribution >= 0.6 is 0 Å². The monoisotopic (exact) mass is 243 g/mol. The molecule has 0 aliphatic carbocycles. The molecule has 0 aliphatic heterocycles. The van der Waals surface area contributed by atoms with Crippen LogP contribution in [0, 0.1) is 11.6 Å². The van der Waals surface area contributed by atoms with Crippen LogP contribution in [-0.2, 0) is 0 Å². The second-order valence-electron chi connectivity index (χ2n) is 4.15. The number of carbonyl (C=O) groups excluding carboxylic acids is 1. The molecule has 0 fully saturated rings. The van der Waals surface area contributed by atoms with Crippen LogP contribution in [0.15, 0.2) is 18.2 Å². The Kier molecular flexibility index (Phi) is 4.17. The second-order valence-corrected chi connectivity index (χ2v) is 4.15. The van der Waals surface area contributed by atoms with Gasteiger partial charge < -0.3 is 10.4 Å². The van der Waals surface area contributed by atoms with Gasteiger partial charge in [0.1, 0.15) is 11.6 Å². The maximum absolute atomic E-state index is 13.3. The van der Waals surface area contributed by atoms with E-state index >= 15 is 0 Å². The number of hydrogen-bond donors (Lipinski definition) is 2. The second kappa shape index (κ2) is 5.23. The fourth-order valence-electron chi connectivity index (χ4n) is 1.25. The Labute approximate surface area is 98.5 Å². The van der Waals surface area contributed by atoms with Crippen molar-refractivity contribution in [3.05, 3.63) is 35.4 Å². The molecule has 5 heteroatoms. The Morgan fingerprint density at radius 3 is 2.65 bits per heavy atom. The van der Waals surface area contributed by atoms with E-state index in [9.17, 15) is 13.6 Å². The molecule has 17 heavy (non-hydrogen) atoms. The zero-order valence-corrected chi connectivity index (χ0v) is 9.76. The minimum atomic E-state index is -0.837. The molecular weight excluding hydrogens is 228 g/mol. The van der Waals surface area contributed by atoms with Gasteiger partial charge in [0.2, 0.25) is 0 Å². The highest BCUT2D eigenvalue weighted by Gasteiger charge is 2.25. The first kappa shape index (κ1) is 13.6. The topological polar surface area (TPSA) is 49.3 Å². The van der Waals surface area contributed by atoms with Crippen molar-refractivity contribution in [2.24, 2.45) is 0 Å². The van der Waals surface area contributed by atoms with Crippen molar-refractivity contribution in [3.63, 3.8) is 0 Å². The van der Waals surface area contributed by atoms with Crippen molar-refractivity contribution in [2.45, 2.75) is 25.8 Å². The number of benzene rings is 1. The predicted molar refractivity (Wildman–Crippen MR) is 59.6 cm³/mol. The molecule has 1 unspecified atom stereocenters. The smallest absolute Gasteiger partial charge is 0.254 e. The number of aliphatic hydroxyl groups is 1. The van der Waals surface area contributed by atoms with Crippen molar-refractivity contribution in [1.82, 2.24) is 5.32 Å². The molecule has 0 aliphatic rings. The fraction of sp³-hybridized carbons (Fsp3) is 0.417. The van der Waals surface area contributed by atoms with E-state index in [0.29, 0.717) is 6.42 Å². The van der Waals surface area contributed by atoms with Gasteiger partial charge in [-0.15, -0.1) is 0 Å². The average Bonchev–Trinajstić information content (AvgIpc) is 2.32. The fourth-order valence-corrected chi connectivity index (χ4v) is 1.25. The zero-order chi connectivity index (χ0) is 13.1. The first-order chi connectivity index (χ1) is 7.91. The molecule has 1 amide bonds. The van der Waals surface area contributed by atoms with E-state index in [1.165, 1.54) is 0 Å². The number of rotatable bonds is 4. The average molecular weight is 243 g/mol. The lowest BCUT2D eigenvalue weighted by molar-refractivity contribution is 0.0843. The van der Waals surface area contributed by atoms with E-state index in [1.54, 1.807) is 13.8 Å². The standard InChI is InChI=1S/C12H15F2NO2/c1-3-12(2,7-16)15-11(17)9-6-8(13)4-5-10(9)14/h4-6,16H,3,7H2,1-2H3,(H,15,17). The Bertz CT molecular complexity index is 417. The summed E-state index contributed by atoms with van der Waals surface area (Å²) >= 11 is 0. The number of nitrogens with one attached hydrogen (secondary N) is 1. The summed E-state index contributed by atoms with van der Waals surface area (Å²) in [6.45, 7) is 3.13. The normalized spacial score (nSPS) is 14.2. The van der Waals surface area contributed by atoms with Gasteiger partial charge in [0.25, 0.3) is 5.91 Å². The van der Waals surface area contributed by atoms with Gasteiger partial charge in [-0.05, 0) is 31.5 Å². The lowest BCUT2D eigenvalue weighted by Gasteiger charge is -2.27. The first-order valence-electron chi connectivity index (χ1n) is 5.30. The summed E-state index contributed by atoms with van der Waals surface area (Å²) in [5.41, 5.74) is -1.20. The molecule has 0 bridgehead atoms. The predicted octanol–water partition coefficient (Wildman–Crippen LogP) is 1.86. The van der Waals surface area contributed by atoms with Crippen LogP contribution in [0.2, 0.25) is 0 Å². The van der Waals surface area contributed by atoms with E-state index in [1.807, 2.05) is 0 Å². The van der Waals surface area contributed by atoms with Gasteiger partial charge in [-0.2, -0.15) is 0 Å². The van der Waals surface area contributed by atoms with Crippen molar-refractivity contribution in [2.75, 3.05) is 6.61 Å². The lowest BCUT2D eigenvalue weighted by atomic mass is 9.99. The van der Waals surface area contributed by atoms with E-state index in [2.05, 4.69) is 5.32 Å². The third-order valence-electron chi connectivity index (χ3n) is 2.72. The number of halogens is 2. The Hall–Kier alpha value is -1.49. The van der Waals surface area contributed by atoms with E-state index in [0.717, 1.165) is 18.2 Å². The summed E-state index contributed by atoms with van der Waals surface area (Å²) in [5.74, 6) is -2.21. The van der Waals surface area contributed by atoms with Gasteiger partial charge in [0.05, 0.1) is 17.7 Å².